The van der Waals surface area contributed by atoms with Crippen molar-refractivity contribution in [1.82, 2.24) is 30.3 Å². The number of benzene rings is 2. The molecule has 2 N–H and O–H groups in total. The number of rotatable bonds is 8. The van der Waals surface area contributed by atoms with Crippen LogP contribution in [0.5, 0.6) is 0 Å². The van der Waals surface area contributed by atoms with Crippen molar-refractivity contribution in [3.63, 3.8) is 0 Å². The highest BCUT2D eigenvalue weighted by Gasteiger charge is 2.12. The van der Waals surface area contributed by atoms with Gasteiger partial charge in [0, 0.05) is 32.7 Å². The number of aromatic nitrogens is 3. The summed E-state index contributed by atoms with van der Waals surface area (Å²) >= 11 is 0. The van der Waals surface area contributed by atoms with E-state index in [1.807, 2.05) is 12.1 Å². The lowest BCUT2D eigenvalue weighted by Gasteiger charge is -2.27. The smallest absolute Gasteiger partial charge is 0.191 e. The summed E-state index contributed by atoms with van der Waals surface area (Å²) in [5.74, 6) is 0.814. The summed E-state index contributed by atoms with van der Waals surface area (Å²) in [6, 6.07) is 16.8. The van der Waals surface area contributed by atoms with E-state index in [9.17, 15) is 0 Å². The number of hydrogen-bond donors (Lipinski definition) is 2. The molecule has 0 bridgehead atoms. The van der Waals surface area contributed by atoms with Crippen LogP contribution in [0, 0.1) is 0 Å². The number of nitrogens with one attached hydrogen (secondary N) is 2. The second-order valence-corrected chi connectivity index (χ2v) is 7.71. The van der Waals surface area contributed by atoms with Gasteiger partial charge >= 0.3 is 0 Å². The molecule has 0 atom stereocenters. The van der Waals surface area contributed by atoms with Crippen LogP contribution in [0.3, 0.4) is 0 Å². The summed E-state index contributed by atoms with van der Waals surface area (Å²) in [6.07, 6.45) is 3.23. The van der Waals surface area contributed by atoms with E-state index in [4.69, 9.17) is 9.73 Å². The molecular weight excluding hydrogens is 529 g/mol. The molecule has 3 aromatic rings. The molecule has 2 heterocycles. The third-order valence-electron chi connectivity index (χ3n) is 5.45. The minimum Gasteiger partial charge on any atom is -0.379 e. The van der Waals surface area contributed by atoms with Gasteiger partial charge in [-0.25, -0.2) is 14.7 Å². The van der Waals surface area contributed by atoms with Crippen molar-refractivity contribution in [3.05, 3.63) is 77.9 Å². The highest BCUT2D eigenvalue weighted by atomic mass is 127. The Morgan fingerprint density at radius 3 is 2.48 bits per heavy atom. The van der Waals surface area contributed by atoms with Gasteiger partial charge in [-0.15, -0.1) is 24.0 Å². The first kappa shape index (κ1) is 25.1. The lowest BCUT2D eigenvalue weighted by molar-refractivity contribution is 0.0341. The number of ether oxygens (including phenoxy) is 1. The van der Waals surface area contributed by atoms with Gasteiger partial charge in [0.25, 0.3) is 0 Å². The lowest BCUT2D eigenvalue weighted by Crippen LogP contribution is -2.38. The van der Waals surface area contributed by atoms with Crippen molar-refractivity contribution in [2.45, 2.75) is 26.6 Å². The minimum atomic E-state index is 0. The van der Waals surface area contributed by atoms with Crippen LogP contribution in [0.1, 0.15) is 23.6 Å². The number of guanidine groups is 1. The van der Waals surface area contributed by atoms with Gasteiger partial charge in [0.05, 0.1) is 25.4 Å². The molecule has 1 aliphatic rings. The van der Waals surface area contributed by atoms with Crippen LogP contribution in [-0.4, -0.2) is 58.5 Å². The van der Waals surface area contributed by atoms with Crippen LogP contribution in [0.2, 0.25) is 0 Å². The fraction of sp³-hybridized carbons (Fsp3) is 0.375. The normalized spacial score (nSPS) is 14.5. The van der Waals surface area contributed by atoms with Gasteiger partial charge < -0.3 is 15.4 Å². The zero-order valence-electron chi connectivity index (χ0n) is 19.0. The topological polar surface area (TPSA) is 79.6 Å². The van der Waals surface area contributed by atoms with E-state index >= 15 is 0 Å². The molecule has 0 saturated carbocycles. The van der Waals surface area contributed by atoms with Gasteiger partial charge in [-0.3, -0.25) is 4.90 Å². The molecule has 0 radical (unpaired) electrons. The molecule has 1 fully saturated rings. The Balaban J connectivity index is 0.00000306. The number of halogens is 1. The van der Waals surface area contributed by atoms with E-state index in [0.29, 0.717) is 6.54 Å². The average molecular weight is 561 g/mol. The summed E-state index contributed by atoms with van der Waals surface area (Å²) in [7, 11) is 0. The molecule has 1 aliphatic heterocycles. The van der Waals surface area contributed by atoms with Crippen LogP contribution in [0.4, 0.5) is 0 Å². The molecule has 4 rings (SSSR count). The molecule has 33 heavy (non-hydrogen) atoms. The Morgan fingerprint density at radius 1 is 1.03 bits per heavy atom. The van der Waals surface area contributed by atoms with Gasteiger partial charge in [0.1, 0.15) is 12.7 Å². The zero-order chi connectivity index (χ0) is 22.0. The Morgan fingerprint density at radius 2 is 1.79 bits per heavy atom. The van der Waals surface area contributed by atoms with E-state index in [1.165, 1.54) is 17.5 Å². The van der Waals surface area contributed by atoms with Crippen LogP contribution in [0.15, 0.2) is 66.2 Å². The first-order valence-electron chi connectivity index (χ1n) is 11.1. The SMILES string of the molecule is CCNC(=NCc1ccc(-n2cncn2)cc1)NCc1ccccc1CN1CCOCC1.I. The van der Waals surface area contributed by atoms with Gasteiger partial charge in [-0.2, -0.15) is 5.10 Å². The van der Waals surface area contributed by atoms with E-state index < -0.39 is 0 Å². The third-order valence-corrected chi connectivity index (χ3v) is 5.45. The second-order valence-electron chi connectivity index (χ2n) is 7.71. The lowest BCUT2D eigenvalue weighted by atomic mass is 10.1. The van der Waals surface area contributed by atoms with Crippen molar-refractivity contribution in [2.24, 2.45) is 4.99 Å². The van der Waals surface area contributed by atoms with Crippen LogP contribution in [0.25, 0.3) is 5.69 Å². The summed E-state index contributed by atoms with van der Waals surface area (Å²) in [4.78, 5) is 11.2. The van der Waals surface area contributed by atoms with Gasteiger partial charge in [0.15, 0.2) is 5.96 Å². The number of nitrogens with zero attached hydrogens (tertiary/aromatic N) is 5. The van der Waals surface area contributed by atoms with E-state index in [-0.39, 0.29) is 24.0 Å². The fourth-order valence-electron chi connectivity index (χ4n) is 3.67. The molecular formula is C24H32IN7O. The second kappa shape index (κ2) is 13.3. The predicted octanol–water partition coefficient (Wildman–Crippen LogP) is 2.97. The van der Waals surface area contributed by atoms with Crippen LogP contribution in [-0.2, 0) is 24.4 Å². The maximum absolute atomic E-state index is 5.48. The molecule has 1 saturated heterocycles. The third kappa shape index (κ3) is 7.51. The highest BCUT2D eigenvalue weighted by molar-refractivity contribution is 14.0. The van der Waals surface area contributed by atoms with Crippen molar-refractivity contribution < 1.29 is 4.74 Å². The average Bonchev–Trinajstić information content (AvgIpc) is 3.38. The number of hydrogen-bond acceptors (Lipinski definition) is 5. The first-order chi connectivity index (χ1) is 15.8. The Kier molecular flexibility index (Phi) is 10.1. The Bertz CT molecular complexity index is 986. The molecule has 176 valence electrons. The number of aliphatic imine (C=N–C) groups is 1. The van der Waals surface area contributed by atoms with Crippen molar-refractivity contribution in [3.8, 4) is 5.69 Å². The number of morpholine rings is 1. The van der Waals surface area contributed by atoms with Crippen molar-refractivity contribution in [1.29, 1.82) is 0 Å². The summed E-state index contributed by atoms with van der Waals surface area (Å²) in [5, 5.41) is 11.0. The van der Waals surface area contributed by atoms with E-state index in [0.717, 1.165) is 63.1 Å². The van der Waals surface area contributed by atoms with E-state index in [2.05, 4.69) is 68.9 Å². The van der Waals surface area contributed by atoms with Crippen LogP contribution < -0.4 is 10.6 Å². The summed E-state index contributed by atoms with van der Waals surface area (Å²) in [6.45, 7) is 8.79. The van der Waals surface area contributed by atoms with Gasteiger partial charge in [-0.1, -0.05) is 36.4 Å². The van der Waals surface area contributed by atoms with Crippen molar-refractivity contribution >= 4 is 29.9 Å². The fourth-order valence-corrected chi connectivity index (χ4v) is 3.67. The monoisotopic (exact) mass is 561 g/mol. The quantitative estimate of drug-likeness (QED) is 0.250. The Labute approximate surface area is 212 Å². The summed E-state index contributed by atoms with van der Waals surface area (Å²) < 4.78 is 7.22. The van der Waals surface area contributed by atoms with Crippen molar-refractivity contribution in [2.75, 3.05) is 32.8 Å². The largest absolute Gasteiger partial charge is 0.379 e. The van der Waals surface area contributed by atoms with Gasteiger partial charge in [-0.05, 0) is 35.7 Å². The molecule has 0 unspecified atom stereocenters. The predicted molar refractivity (Wildman–Crippen MR) is 141 cm³/mol. The maximum atomic E-state index is 5.48. The molecule has 1 aromatic heterocycles. The molecule has 0 spiro atoms. The molecule has 0 aliphatic carbocycles. The molecule has 8 nitrogen and oxygen atoms in total. The standard InChI is InChI=1S/C24H31N7O.HI/c1-2-26-24(27-15-20-7-9-23(10-8-20)31-19-25-18-29-31)28-16-21-5-3-4-6-22(21)17-30-11-13-32-14-12-30;/h3-10,18-19H,2,11-17H2,1H3,(H2,26,27,28);1H. The molecule has 0 amide bonds. The minimum absolute atomic E-state index is 0. The molecule has 9 heteroatoms. The zero-order valence-corrected chi connectivity index (χ0v) is 21.3. The highest BCUT2D eigenvalue weighted by Crippen LogP contribution is 2.13. The summed E-state index contributed by atoms with van der Waals surface area (Å²) in [5.41, 5.74) is 4.76. The Hall–Kier alpha value is -2.50. The van der Waals surface area contributed by atoms with Gasteiger partial charge in [0.2, 0.25) is 0 Å². The maximum Gasteiger partial charge on any atom is 0.191 e. The molecule has 2 aromatic carbocycles. The first-order valence-corrected chi connectivity index (χ1v) is 11.1. The van der Waals surface area contributed by atoms with E-state index in [1.54, 1.807) is 11.0 Å². The van der Waals surface area contributed by atoms with Crippen LogP contribution >= 0.6 is 24.0 Å².